The van der Waals surface area contributed by atoms with Crippen LogP contribution < -0.4 is 10.1 Å². The van der Waals surface area contributed by atoms with Gasteiger partial charge in [0.25, 0.3) is 0 Å². The van der Waals surface area contributed by atoms with Crippen LogP contribution in [0.3, 0.4) is 0 Å². The average molecular weight is 316 g/mol. The number of fused-ring (bicyclic) bond motifs is 1. The highest BCUT2D eigenvalue weighted by molar-refractivity contribution is 5.85. The number of para-hydroxylation sites is 1. The van der Waals surface area contributed by atoms with Crippen molar-refractivity contribution in [2.45, 2.75) is 46.6 Å². The summed E-state index contributed by atoms with van der Waals surface area (Å²) in [5, 5.41) is 13.2. The zero-order valence-electron chi connectivity index (χ0n) is 14.6. The maximum atomic E-state index is 8.87. The Morgan fingerprint density at radius 2 is 2.00 bits per heavy atom. The Balaban J connectivity index is 2.19. The summed E-state index contributed by atoms with van der Waals surface area (Å²) in [7, 11) is 0. The predicted molar refractivity (Wildman–Crippen MR) is 96.1 cm³/mol. The molecule has 1 unspecified atom stereocenters. The van der Waals surface area contributed by atoms with E-state index in [1.807, 2.05) is 30.3 Å². The van der Waals surface area contributed by atoms with Gasteiger partial charge in [0, 0.05) is 18.5 Å². The molecule has 2 N–H and O–H groups in total. The lowest BCUT2D eigenvalue weighted by Gasteiger charge is -2.24. The summed E-state index contributed by atoms with van der Waals surface area (Å²) in [4.78, 5) is 4.68. The van der Waals surface area contributed by atoms with Gasteiger partial charge in [-0.1, -0.05) is 32.9 Å². The molecule has 0 aliphatic heterocycles. The molecule has 1 atom stereocenters. The summed E-state index contributed by atoms with van der Waals surface area (Å²) in [5.74, 6) is 1.63. The van der Waals surface area contributed by atoms with Crippen LogP contribution in [0.4, 0.5) is 5.82 Å². The van der Waals surface area contributed by atoms with Crippen molar-refractivity contribution in [3.63, 3.8) is 0 Å². The zero-order chi connectivity index (χ0) is 16.9. The van der Waals surface area contributed by atoms with Gasteiger partial charge in [-0.25, -0.2) is 4.98 Å². The summed E-state index contributed by atoms with van der Waals surface area (Å²) in [6.45, 7) is 9.65. The number of benzene rings is 1. The Morgan fingerprint density at radius 3 is 2.70 bits per heavy atom. The molecule has 0 radical (unpaired) electrons. The van der Waals surface area contributed by atoms with Crippen molar-refractivity contribution in [3.8, 4) is 5.75 Å². The SMILES string of the molecule is CC(CC(C)(C)C)Oc1cccc2ccc(NCCCO)nc12. The van der Waals surface area contributed by atoms with Gasteiger partial charge in [-0.3, -0.25) is 0 Å². The second kappa shape index (κ2) is 7.64. The largest absolute Gasteiger partial charge is 0.488 e. The number of aliphatic hydroxyl groups excluding tert-OH is 1. The van der Waals surface area contributed by atoms with Gasteiger partial charge in [-0.05, 0) is 43.4 Å². The number of ether oxygens (including phenoxy) is 1. The second-order valence-electron chi connectivity index (χ2n) is 7.22. The van der Waals surface area contributed by atoms with Gasteiger partial charge in [0.15, 0.2) is 0 Å². The molecule has 0 spiro atoms. The normalized spacial score (nSPS) is 13.1. The number of nitrogens with zero attached hydrogens (tertiary/aromatic N) is 1. The number of rotatable bonds is 7. The Labute approximate surface area is 138 Å². The molecule has 1 aromatic carbocycles. The lowest BCUT2D eigenvalue weighted by molar-refractivity contribution is 0.162. The van der Waals surface area contributed by atoms with Crippen molar-refractivity contribution in [3.05, 3.63) is 30.3 Å². The van der Waals surface area contributed by atoms with Crippen molar-refractivity contribution in [1.29, 1.82) is 0 Å². The molecule has 0 saturated carbocycles. The number of hydrogen-bond donors (Lipinski definition) is 2. The summed E-state index contributed by atoms with van der Waals surface area (Å²) >= 11 is 0. The standard InChI is InChI=1S/C19H28N2O2/c1-14(13-19(2,3)4)23-16-8-5-7-15-9-10-17(21-18(15)16)20-11-6-12-22/h5,7-10,14,22H,6,11-13H2,1-4H3,(H,20,21). The minimum Gasteiger partial charge on any atom is -0.488 e. The minimum absolute atomic E-state index is 0.133. The minimum atomic E-state index is 0.133. The van der Waals surface area contributed by atoms with Crippen molar-refractivity contribution in [2.75, 3.05) is 18.5 Å². The molecular formula is C19H28N2O2. The van der Waals surface area contributed by atoms with Gasteiger partial charge >= 0.3 is 0 Å². The van der Waals surface area contributed by atoms with E-state index < -0.39 is 0 Å². The first kappa shape index (κ1) is 17.5. The third-order valence-electron chi connectivity index (χ3n) is 3.55. The number of hydrogen-bond acceptors (Lipinski definition) is 4. The molecule has 1 aromatic heterocycles. The zero-order valence-corrected chi connectivity index (χ0v) is 14.6. The molecule has 0 bridgehead atoms. The van der Waals surface area contributed by atoms with Crippen LogP contribution in [-0.2, 0) is 0 Å². The molecule has 0 amide bonds. The van der Waals surface area contributed by atoms with Crippen LogP contribution in [0, 0.1) is 5.41 Å². The Hall–Kier alpha value is -1.81. The first-order valence-electron chi connectivity index (χ1n) is 8.30. The molecule has 0 saturated heterocycles. The average Bonchev–Trinajstić information content (AvgIpc) is 2.46. The fourth-order valence-electron chi connectivity index (χ4n) is 2.73. The van der Waals surface area contributed by atoms with Crippen LogP contribution in [0.15, 0.2) is 30.3 Å². The number of aliphatic hydroxyl groups is 1. The number of nitrogens with one attached hydrogen (secondary N) is 1. The molecular weight excluding hydrogens is 288 g/mol. The maximum Gasteiger partial charge on any atom is 0.146 e. The Morgan fingerprint density at radius 1 is 1.22 bits per heavy atom. The van der Waals surface area contributed by atoms with Crippen molar-refractivity contribution in [2.24, 2.45) is 5.41 Å². The molecule has 2 aromatic rings. The van der Waals surface area contributed by atoms with Crippen LogP contribution in [-0.4, -0.2) is 29.3 Å². The van der Waals surface area contributed by atoms with E-state index in [1.165, 1.54) is 0 Å². The number of pyridine rings is 1. The highest BCUT2D eigenvalue weighted by Gasteiger charge is 2.17. The fourth-order valence-corrected chi connectivity index (χ4v) is 2.73. The first-order valence-corrected chi connectivity index (χ1v) is 8.30. The lowest BCUT2D eigenvalue weighted by atomic mass is 9.90. The van der Waals surface area contributed by atoms with E-state index in [2.05, 4.69) is 38.0 Å². The highest BCUT2D eigenvalue weighted by atomic mass is 16.5. The van der Waals surface area contributed by atoms with Crippen molar-refractivity contribution < 1.29 is 9.84 Å². The lowest BCUT2D eigenvalue weighted by Crippen LogP contribution is -2.20. The van der Waals surface area contributed by atoms with E-state index in [4.69, 9.17) is 9.84 Å². The van der Waals surface area contributed by atoms with Gasteiger partial charge in [0.1, 0.15) is 17.1 Å². The third kappa shape index (κ3) is 5.39. The number of aromatic nitrogens is 1. The molecule has 126 valence electrons. The van der Waals surface area contributed by atoms with E-state index in [1.54, 1.807) is 0 Å². The number of anilines is 1. The smallest absolute Gasteiger partial charge is 0.146 e. The highest BCUT2D eigenvalue weighted by Crippen LogP contribution is 2.29. The van der Waals surface area contributed by atoms with Crippen LogP contribution in [0.2, 0.25) is 0 Å². The van der Waals surface area contributed by atoms with E-state index in [9.17, 15) is 0 Å². The van der Waals surface area contributed by atoms with Crippen LogP contribution in [0.25, 0.3) is 10.9 Å². The van der Waals surface area contributed by atoms with Crippen LogP contribution in [0.1, 0.15) is 40.5 Å². The van der Waals surface area contributed by atoms with E-state index in [0.29, 0.717) is 13.0 Å². The summed E-state index contributed by atoms with van der Waals surface area (Å²) in [6.07, 6.45) is 1.83. The molecule has 1 heterocycles. The van der Waals surface area contributed by atoms with Gasteiger partial charge in [0.05, 0.1) is 6.10 Å². The van der Waals surface area contributed by atoms with Gasteiger partial charge in [-0.2, -0.15) is 0 Å². The Bertz CT molecular complexity index is 635. The van der Waals surface area contributed by atoms with Gasteiger partial charge < -0.3 is 15.2 Å². The molecule has 4 nitrogen and oxygen atoms in total. The summed E-state index contributed by atoms with van der Waals surface area (Å²) < 4.78 is 6.15. The summed E-state index contributed by atoms with van der Waals surface area (Å²) in [5.41, 5.74) is 1.11. The van der Waals surface area contributed by atoms with E-state index in [-0.39, 0.29) is 18.1 Å². The quantitative estimate of drug-likeness (QED) is 0.751. The molecule has 4 heteroatoms. The Kier molecular flexibility index (Phi) is 5.83. The third-order valence-corrected chi connectivity index (χ3v) is 3.55. The first-order chi connectivity index (χ1) is 10.9. The van der Waals surface area contributed by atoms with Gasteiger partial charge in [0.2, 0.25) is 0 Å². The summed E-state index contributed by atoms with van der Waals surface area (Å²) in [6, 6.07) is 10.0. The molecule has 2 rings (SSSR count). The van der Waals surface area contributed by atoms with Crippen molar-refractivity contribution in [1.82, 2.24) is 4.98 Å². The molecule has 0 aliphatic carbocycles. The monoisotopic (exact) mass is 316 g/mol. The van der Waals surface area contributed by atoms with Crippen LogP contribution in [0.5, 0.6) is 5.75 Å². The fraction of sp³-hybridized carbons (Fsp3) is 0.526. The second-order valence-corrected chi connectivity index (χ2v) is 7.22. The van der Waals surface area contributed by atoms with E-state index >= 15 is 0 Å². The molecule has 0 aliphatic rings. The predicted octanol–water partition coefficient (Wildman–Crippen LogP) is 4.23. The molecule has 23 heavy (non-hydrogen) atoms. The van der Waals surface area contributed by atoms with Gasteiger partial charge in [-0.15, -0.1) is 0 Å². The van der Waals surface area contributed by atoms with Crippen molar-refractivity contribution >= 4 is 16.7 Å². The topological polar surface area (TPSA) is 54.4 Å². The molecule has 0 fully saturated rings. The van der Waals surface area contributed by atoms with Crippen LogP contribution >= 0.6 is 0 Å². The van der Waals surface area contributed by atoms with E-state index in [0.717, 1.165) is 28.9 Å². The maximum absolute atomic E-state index is 8.87.